The lowest BCUT2D eigenvalue weighted by molar-refractivity contribution is -0.119. The number of carbonyl (C=O) groups is 1. The first kappa shape index (κ1) is 25.2. The van der Waals surface area contributed by atoms with E-state index in [4.69, 9.17) is 39.5 Å². The van der Waals surface area contributed by atoms with Crippen LogP contribution in [0, 0.1) is 0 Å². The second-order valence-electron chi connectivity index (χ2n) is 7.29. The van der Waals surface area contributed by atoms with E-state index in [2.05, 4.69) is 23.9 Å². The molecule has 0 amide bonds. The van der Waals surface area contributed by atoms with Crippen LogP contribution in [0.5, 0.6) is 5.75 Å². The van der Waals surface area contributed by atoms with Crippen LogP contribution in [0.15, 0.2) is 36.4 Å². The first-order valence-corrected chi connectivity index (χ1v) is 12.1. The SMILES string of the molecule is CSNCC(=O)COc1ccc(C(C)(C)c2cc(Cl)c(NCCCCl)c(Cl)c2)cc1. The van der Waals surface area contributed by atoms with Gasteiger partial charge in [-0.1, -0.05) is 61.1 Å². The summed E-state index contributed by atoms with van der Waals surface area (Å²) in [5.74, 6) is 1.23. The fraction of sp³-hybridized carbons (Fsp3) is 0.409. The zero-order valence-corrected chi connectivity index (χ0v) is 20.4. The summed E-state index contributed by atoms with van der Waals surface area (Å²) in [5.41, 5.74) is 2.50. The number of hydrogen-bond donors (Lipinski definition) is 2. The third-order valence-corrected chi connectivity index (χ3v) is 6.06. The minimum Gasteiger partial charge on any atom is -0.486 e. The Morgan fingerprint density at radius 2 is 1.73 bits per heavy atom. The summed E-state index contributed by atoms with van der Waals surface area (Å²) in [7, 11) is 0. The molecule has 0 unspecified atom stereocenters. The normalized spacial score (nSPS) is 11.4. The van der Waals surface area contributed by atoms with Crippen molar-refractivity contribution >= 4 is 58.2 Å². The highest BCUT2D eigenvalue weighted by molar-refractivity contribution is 7.96. The number of anilines is 1. The average molecular weight is 490 g/mol. The summed E-state index contributed by atoms with van der Waals surface area (Å²) in [4.78, 5) is 11.7. The molecule has 0 radical (unpaired) electrons. The molecule has 0 fully saturated rings. The Kier molecular flexibility index (Phi) is 10.1. The molecule has 0 atom stereocenters. The maximum atomic E-state index is 11.7. The zero-order chi connectivity index (χ0) is 22.1. The van der Waals surface area contributed by atoms with Gasteiger partial charge in [0.05, 0.1) is 22.3 Å². The number of alkyl halides is 1. The van der Waals surface area contributed by atoms with Gasteiger partial charge in [0.1, 0.15) is 12.4 Å². The topological polar surface area (TPSA) is 50.4 Å². The van der Waals surface area contributed by atoms with Gasteiger partial charge in [-0.05, 0) is 48.1 Å². The van der Waals surface area contributed by atoms with Gasteiger partial charge in [-0.25, -0.2) is 0 Å². The summed E-state index contributed by atoms with van der Waals surface area (Å²) >= 11 is 20.1. The fourth-order valence-electron chi connectivity index (χ4n) is 2.89. The number of carbonyl (C=O) groups excluding carboxylic acids is 1. The molecule has 4 nitrogen and oxygen atoms in total. The predicted molar refractivity (Wildman–Crippen MR) is 131 cm³/mol. The molecule has 0 aliphatic rings. The molecule has 0 aliphatic heterocycles. The van der Waals surface area contributed by atoms with Gasteiger partial charge in [0.2, 0.25) is 0 Å². The maximum Gasteiger partial charge on any atom is 0.184 e. The lowest BCUT2D eigenvalue weighted by Gasteiger charge is -2.27. The molecule has 0 saturated heterocycles. The van der Waals surface area contributed by atoms with Gasteiger partial charge in [0.25, 0.3) is 0 Å². The standard InChI is InChI=1S/C22H27Cl3N2O2S/c1-22(2,16-11-19(24)21(20(25)12-16)26-10-4-9-23)15-5-7-18(8-6-15)29-14-17(28)13-27-30-3/h5-8,11-12,26-27H,4,9-10,13-14H2,1-3H3. The molecule has 0 heterocycles. The predicted octanol–water partition coefficient (Wildman–Crippen LogP) is 6.18. The molecule has 2 aromatic carbocycles. The van der Waals surface area contributed by atoms with Crippen molar-refractivity contribution in [3.63, 3.8) is 0 Å². The quantitative estimate of drug-likeness (QED) is 0.212. The molecule has 164 valence electrons. The molecule has 8 heteroatoms. The van der Waals surface area contributed by atoms with Crippen LogP contribution in [0.25, 0.3) is 0 Å². The van der Waals surface area contributed by atoms with Crippen molar-refractivity contribution in [3.8, 4) is 5.75 Å². The smallest absolute Gasteiger partial charge is 0.184 e. The summed E-state index contributed by atoms with van der Waals surface area (Å²) in [6.45, 7) is 5.26. The molecule has 0 aliphatic carbocycles. The summed E-state index contributed by atoms with van der Waals surface area (Å²) in [6.07, 6.45) is 2.70. The zero-order valence-electron chi connectivity index (χ0n) is 17.4. The average Bonchev–Trinajstić information content (AvgIpc) is 2.72. The van der Waals surface area contributed by atoms with Crippen LogP contribution >= 0.6 is 46.8 Å². The Balaban J connectivity index is 2.12. The molecule has 0 aromatic heterocycles. The highest BCUT2D eigenvalue weighted by atomic mass is 35.5. The molecule has 0 bridgehead atoms. The maximum absolute atomic E-state index is 11.7. The van der Waals surface area contributed by atoms with Gasteiger partial charge >= 0.3 is 0 Å². The Morgan fingerprint density at radius 1 is 1.10 bits per heavy atom. The number of hydrogen-bond acceptors (Lipinski definition) is 5. The number of nitrogens with one attached hydrogen (secondary N) is 2. The van der Waals surface area contributed by atoms with E-state index in [9.17, 15) is 4.79 Å². The van der Waals surface area contributed by atoms with Gasteiger partial charge in [-0.3, -0.25) is 9.52 Å². The Bertz CT molecular complexity index is 822. The van der Waals surface area contributed by atoms with E-state index in [1.807, 2.05) is 42.7 Å². The van der Waals surface area contributed by atoms with Gasteiger partial charge in [-0.15, -0.1) is 11.6 Å². The van der Waals surface area contributed by atoms with Gasteiger partial charge < -0.3 is 10.1 Å². The summed E-state index contributed by atoms with van der Waals surface area (Å²) in [6, 6.07) is 11.6. The number of halogens is 3. The minimum absolute atomic E-state index is 0.00205. The molecule has 0 spiro atoms. The van der Waals surface area contributed by atoms with Gasteiger partial charge in [-0.2, -0.15) is 0 Å². The molecule has 0 saturated carbocycles. The molecule has 2 rings (SSSR count). The summed E-state index contributed by atoms with van der Waals surface area (Å²) < 4.78 is 8.49. The number of ether oxygens (including phenoxy) is 1. The number of Topliss-reactive ketones (excluding diaryl/α,β-unsaturated/α-hetero) is 1. The van der Waals surface area contributed by atoms with E-state index in [0.717, 1.165) is 23.2 Å². The van der Waals surface area contributed by atoms with E-state index < -0.39 is 0 Å². The molecular formula is C22H27Cl3N2O2S. The molecular weight excluding hydrogens is 463 g/mol. The van der Waals surface area contributed by atoms with Crippen molar-refractivity contribution in [1.82, 2.24) is 4.72 Å². The van der Waals surface area contributed by atoms with Crippen LogP contribution in [-0.2, 0) is 10.2 Å². The second kappa shape index (κ2) is 12.1. The van der Waals surface area contributed by atoms with Crippen LogP contribution in [0.1, 0.15) is 31.4 Å². The van der Waals surface area contributed by atoms with E-state index in [-0.39, 0.29) is 24.3 Å². The van der Waals surface area contributed by atoms with E-state index in [1.54, 1.807) is 0 Å². The second-order valence-corrected chi connectivity index (χ2v) is 9.18. The van der Waals surface area contributed by atoms with Crippen LogP contribution in [0.3, 0.4) is 0 Å². The van der Waals surface area contributed by atoms with E-state index >= 15 is 0 Å². The first-order chi connectivity index (χ1) is 14.3. The Morgan fingerprint density at radius 3 is 2.30 bits per heavy atom. The highest BCUT2D eigenvalue weighted by Gasteiger charge is 2.25. The number of benzene rings is 2. The van der Waals surface area contributed by atoms with Crippen LogP contribution < -0.4 is 14.8 Å². The fourth-order valence-corrected chi connectivity index (χ4v) is 3.94. The lowest BCUT2D eigenvalue weighted by atomic mass is 9.78. The van der Waals surface area contributed by atoms with Crippen molar-refractivity contribution in [3.05, 3.63) is 57.6 Å². The Hall–Kier alpha value is -1.11. The third kappa shape index (κ3) is 6.96. The summed E-state index contributed by atoms with van der Waals surface area (Å²) in [5, 5.41) is 4.41. The van der Waals surface area contributed by atoms with E-state index in [0.29, 0.717) is 28.2 Å². The monoisotopic (exact) mass is 488 g/mol. The first-order valence-electron chi connectivity index (χ1n) is 9.59. The molecule has 2 aromatic rings. The van der Waals surface area contributed by atoms with Crippen molar-refractivity contribution in [2.45, 2.75) is 25.7 Å². The van der Waals surface area contributed by atoms with Gasteiger partial charge in [0.15, 0.2) is 5.78 Å². The third-order valence-electron chi connectivity index (χ3n) is 4.77. The van der Waals surface area contributed by atoms with Crippen LogP contribution in [0.2, 0.25) is 10.0 Å². The lowest BCUT2D eigenvalue weighted by Crippen LogP contribution is -2.22. The van der Waals surface area contributed by atoms with Crippen LogP contribution in [0.4, 0.5) is 5.69 Å². The number of rotatable bonds is 12. The van der Waals surface area contributed by atoms with Crippen molar-refractivity contribution < 1.29 is 9.53 Å². The van der Waals surface area contributed by atoms with Crippen molar-refractivity contribution in [2.75, 3.05) is 37.1 Å². The minimum atomic E-state index is -0.321. The van der Waals surface area contributed by atoms with Crippen LogP contribution in [-0.4, -0.2) is 37.6 Å². The largest absolute Gasteiger partial charge is 0.486 e. The molecule has 30 heavy (non-hydrogen) atoms. The van der Waals surface area contributed by atoms with Crippen molar-refractivity contribution in [2.24, 2.45) is 0 Å². The molecule has 2 N–H and O–H groups in total. The highest BCUT2D eigenvalue weighted by Crippen LogP contribution is 2.39. The number of ketones is 1. The van der Waals surface area contributed by atoms with E-state index in [1.165, 1.54) is 11.9 Å². The Labute approximate surface area is 198 Å². The van der Waals surface area contributed by atoms with Crippen molar-refractivity contribution in [1.29, 1.82) is 0 Å². The van der Waals surface area contributed by atoms with Gasteiger partial charge in [0, 0.05) is 17.8 Å².